The molecule has 4 nitrogen and oxygen atoms in total. The van der Waals surface area contributed by atoms with Crippen LogP contribution in [0.1, 0.15) is 39.5 Å². The van der Waals surface area contributed by atoms with Gasteiger partial charge in [0, 0.05) is 6.54 Å². The van der Waals surface area contributed by atoms with Gasteiger partial charge in [0.2, 0.25) is 5.91 Å². The van der Waals surface area contributed by atoms with Gasteiger partial charge in [-0.2, -0.15) is 0 Å². The summed E-state index contributed by atoms with van der Waals surface area (Å²) in [5, 5.41) is 15.3. The van der Waals surface area contributed by atoms with Crippen molar-refractivity contribution in [2.75, 3.05) is 19.7 Å². The molecule has 0 aromatic carbocycles. The van der Waals surface area contributed by atoms with E-state index >= 15 is 0 Å². The van der Waals surface area contributed by atoms with Crippen molar-refractivity contribution in [3.63, 3.8) is 0 Å². The van der Waals surface area contributed by atoms with Crippen molar-refractivity contribution in [3.8, 4) is 0 Å². The van der Waals surface area contributed by atoms with Gasteiger partial charge in [0.05, 0.1) is 18.1 Å². The van der Waals surface area contributed by atoms with E-state index in [2.05, 4.69) is 17.6 Å². The van der Waals surface area contributed by atoms with Gasteiger partial charge < -0.3 is 15.7 Å². The van der Waals surface area contributed by atoms with Crippen LogP contribution >= 0.6 is 0 Å². The Morgan fingerprint density at radius 1 is 1.56 bits per heavy atom. The fourth-order valence-electron chi connectivity index (χ4n) is 2.24. The first-order valence-electron chi connectivity index (χ1n) is 6.31. The minimum Gasteiger partial charge on any atom is -0.394 e. The van der Waals surface area contributed by atoms with Crippen molar-refractivity contribution >= 4 is 5.91 Å². The molecule has 0 aliphatic carbocycles. The van der Waals surface area contributed by atoms with E-state index in [0.29, 0.717) is 0 Å². The van der Waals surface area contributed by atoms with Crippen LogP contribution in [0.4, 0.5) is 0 Å². The largest absolute Gasteiger partial charge is 0.394 e. The van der Waals surface area contributed by atoms with Crippen molar-refractivity contribution in [3.05, 3.63) is 0 Å². The highest BCUT2D eigenvalue weighted by molar-refractivity contribution is 5.83. The van der Waals surface area contributed by atoms with Gasteiger partial charge in [0.25, 0.3) is 0 Å². The summed E-state index contributed by atoms with van der Waals surface area (Å²) in [4.78, 5) is 12.2. The van der Waals surface area contributed by atoms with E-state index in [1.807, 2.05) is 6.92 Å². The van der Waals surface area contributed by atoms with Gasteiger partial charge in [-0.3, -0.25) is 4.79 Å². The average molecular weight is 228 g/mol. The zero-order chi connectivity index (χ0) is 12.0. The zero-order valence-electron chi connectivity index (χ0n) is 10.4. The lowest BCUT2D eigenvalue weighted by atomic mass is 9.77. The monoisotopic (exact) mass is 228 g/mol. The Labute approximate surface area is 97.8 Å². The lowest BCUT2D eigenvalue weighted by Crippen LogP contribution is -2.53. The molecule has 4 heteroatoms. The van der Waals surface area contributed by atoms with E-state index < -0.39 is 0 Å². The number of amides is 1. The van der Waals surface area contributed by atoms with E-state index in [1.54, 1.807) is 0 Å². The third-order valence-electron chi connectivity index (χ3n) is 3.68. The summed E-state index contributed by atoms with van der Waals surface area (Å²) in [7, 11) is 0. The van der Waals surface area contributed by atoms with Gasteiger partial charge in [0.1, 0.15) is 0 Å². The topological polar surface area (TPSA) is 61.4 Å². The van der Waals surface area contributed by atoms with Gasteiger partial charge in [-0.15, -0.1) is 0 Å². The fourth-order valence-corrected chi connectivity index (χ4v) is 2.24. The summed E-state index contributed by atoms with van der Waals surface area (Å²) in [5.41, 5.74) is -0.263. The van der Waals surface area contributed by atoms with Gasteiger partial charge in [-0.1, -0.05) is 13.8 Å². The van der Waals surface area contributed by atoms with Gasteiger partial charge >= 0.3 is 0 Å². The number of aliphatic hydroxyl groups excluding tert-OH is 1. The Morgan fingerprint density at radius 2 is 2.31 bits per heavy atom. The summed E-state index contributed by atoms with van der Waals surface area (Å²) in [6, 6.07) is -0.0992. The number of piperidine rings is 1. The number of rotatable bonds is 5. The average Bonchev–Trinajstić information content (AvgIpc) is 2.36. The first-order chi connectivity index (χ1) is 7.68. The van der Waals surface area contributed by atoms with E-state index in [1.165, 1.54) is 0 Å². The molecule has 1 aliphatic rings. The second-order valence-corrected chi connectivity index (χ2v) is 4.68. The maximum Gasteiger partial charge on any atom is 0.227 e. The molecule has 2 atom stereocenters. The molecular weight excluding hydrogens is 204 g/mol. The first kappa shape index (κ1) is 13.5. The maximum atomic E-state index is 12.2. The van der Waals surface area contributed by atoms with Crippen LogP contribution in [0.25, 0.3) is 0 Å². The predicted molar refractivity (Wildman–Crippen MR) is 64.1 cm³/mol. The SMILES string of the molecule is CC[C@@H](CO)NC(=O)C1(CC)CCCNC1. The third kappa shape index (κ3) is 2.95. The second-order valence-electron chi connectivity index (χ2n) is 4.68. The lowest BCUT2D eigenvalue weighted by Gasteiger charge is -2.36. The molecule has 1 rings (SSSR count). The molecule has 0 radical (unpaired) electrons. The molecule has 1 unspecified atom stereocenters. The molecule has 0 bridgehead atoms. The van der Waals surface area contributed by atoms with Crippen LogP contribution < -0.4 is 10.6 Å². The van der Waals surface area contributed by atoms with E-state index in [4.69, 9.17) is 5.11 Å². The molecular formula is C12H24N2O2. The highest BCUT2D eigenvalue weighted by Crippen LogP contribution is 2.30. The zero-order valence-corrected chi connectivity index (χ0v) is 10.4. The molecule has 16 heavy (non-hydrogen) atoms. The number of nitrogens with one attached hydrogen (secondary N) is 2. The van der Waals surface area contributed by atoms with E-state index in [-0.39, 0.29) is 24.0 Å². The standard InChI is InChI=1S/C12H24N2O2/c1-3-10(8-15)14-11(16)12(4-2)6-5-7-13-9-12/h10,13,15H,3-9H2,1-2H3,(H,14,16)/t10-,12?/m0/s1. The Balaban J connectivity index is 2.61. The van der Waals surface area contributed by atoms with Crippen LogP contribution in [0, 0.1) is 5.41 Å². The summed E-state index contributed by atoms with van der Waals surface area (Å²) >= 11 is 0. The van der Waals surface area contributed by atoms with Crippen LogP contribution in [-0.2, 0) is 4.79 Å². The Bertz CT molecular complexity index is 221. The minimum absolute atomic E-state index is 0.0233. The second kappa shape index (κ2) is 6.21. The summed E-state index contributed by atoms with van der Waals surface area (Å²) in [6.45, 7) is 5.82. The summed E-state index contributed by atoms with van der Waals surface area (Å²) in [6.07, 6.45) is 3.63. The molecule has 0 aromatic rings. The van der Waals surface area contributed by atoms with Crippen molar-refractivity contribution in [2.24, 2.45) is 5.41 Å². The van der Waals surface area contributed by atoms with Gasteiger partial charge in [0.15, 0.2) is 0 Å². The smallest absolute Gasteiger partial charge is 0.227 e. The molecule has 1 saturated heterocycles. The lowest BCUT2D eigenvalue weighted by molar-refractivity contribution is -0.133. The third-order valence-corrected chi connectivity index (χ3v) is 3.68. The summed E-state index contributed by atoms with van der Waals surface area (Å²) in [5.74, 6) is 0.100. The molecule has 0 saturated carbocycles. The number of hydrogen-bond acceptors (Lipinski definition) is 3. The highest BCUT2D eigenvalue weighted by Gasteiger charge is 2.38. The molecule has 1 amide bonds. The highest BCUT2D eigenvalue weighted by atomic mass is 16.3. The maximum absolute atomic E-state index is 12.2. The van der Waals surface area contributed by atoms with Crippen molar-refractivity contribution in [1.29, 1.82) is 0 Å². The van der Waals surface area contributed by atoms with Crippen molar-refractivity contribution in [1.82, 2.24) is 10.6 Å². The molecule has 1 fully saturated rings. The molecule has 94 valence electrons. The number of carbonyl (C=O) groups excluding carboxylic acids is 1. The van der Waals surface area contributed by atoms with Crippen molar-refractivity contribution < 1.29 is 9.90 Å². The number of hydrogen-bond donors (Lipinski definition) is 3. The minimum atomic E-state index is -0.263. The van der Waals surface area contributed by atoms with Crippen molar-refractivity contribution in [2.45, 2.75) is 45.6 Å². The predicted octanol–water partition coefficient (Wildman–Crippen LogP) is 0.653. The van der Waals surface area contributed by atoms with Crippen LogP contribution in [0.3, 0.4) is 0 Å². The van der Waals surface area contributed by atoms with Crippen LogP contribution in [0.5, 0.6) is 0 Å². The molecule has 0 spiro atoms. The van der Waals surface area contributed by atoms with E-state index in [0.717, 1.165) is 38.8 Å². The van der Waals surface area contributed by atoms with E-state index in [9.17, 15) is 4.79 Å². The molecule has 1 heterocycles. The van der Waals surface area contributed by atoms with Crippen LogP contribution in [-0.4, -0.2) is 36.8 Å². The Morgan fingerprint density at radius 3 is 2.75 bits per heavy atom. The molecule has 1 aliphatic heterocycles. The Kier molecular flexibility index (Phi) is 5.22. The number of aliphatic hydroxyl groups is 1. The summed E-state index contributed by atoms with van der Waals surface area (Å²) < 4.78 is 0. The van der Waals surface area contributed by atoms with Gasteiger partial charge in [-0.25, -0.2) is 0 Å². The quantitative estimate of drug-likeness (QED) is 0.647. The normalized spacial score (nSPS) is 27.4. The fraction of sp³-hybridized carbons (Fsp3) is 0.917. The number of carbonyl (C=O) groups is 1. The molecule has 0 aromatic heterocycles. The van der Waals surface area contributed by atoms with Gasteiger partial charge in [-0.05, 0) is 32.2 Å². The van der Waals surface area contributed by atoms with Crippen LogP contribution in [0.2, 0.25) is 0 Å². The van der Waals surface area contributed by atoms with Crippen LogP contribution in [0.15, 0.2) is 0 Å². The first-order valence-corrected chi connectivity index (χ1v) is 6.31. The Hall–Kier alpha value is -0.610. The molecule has 3 N–H and O–H groups in total.